The van der Waals surface area contributed by atoms with E-state index in [4.69, 9.17) is 10.6 Å². The standard InChI is InChI=1S/C10H16N6OS/c1-4-16-9(7(17-3)5-12-16)8(13-11)10-6(2)14-15-18-10/h5,8,13H,4,11H2,1-3H3. The summed E-state index contributed by atoms with van der Waals surface area (Å²) in [6, 6.07) is -0.220. The van der Waals surface area contributed by atoms with Crippen molar-refractivity contribution in [2.45, 2.75) is 26.4 Å². The lowest BCUT2D eigenvalue weighted by molar-refractivity contribution is 0.400. The first kappa shape index (κ1) is 12.9. The molecule has 0 radical (unpaired) electrons. The normalized spacial score (nSPS) is 12.7. The van der Waals surface area contributed by atoms with Crippen LogP contribution in [0.2, 0.25) is 0 Å². The van der Waals surface area contributed by atoms with Gasteiger partial charge in [0.1, 0.15) is 11.7 Å². The molecule has 98 valence electrons. The second-order valence-electron chi connectivity index (χ2n) is 3.74. The van der Waals surface area contributed by atoms with Gasteiger partial charge in [-0.05, 0) is 25.4 Å². The van der Waals surface area contributed by atoms with Gasteiger partial charge >= 0.3 is 0 Å². The zero-order valence-electron chi connectivity index (χ0n) is 10.5. The third-order valence-electron chi connectivity index (χ3n) is 2.75. The molecule has 0 aromatic carbocycles. The Bertz CT molecular complexity index is 501. The lowest BCUT2D eigenvalue weighted by Crippen LogP contribution is -2.31. The molecular weight excluding hydrogens is 252 g/mol. The summed E-state index contributed by atoms with van der Waals surface area (Å²) in [5, 5.41) is 8.28. The number of nitrogens with zero attached hydrogens (tertiary/aromatic N) is 4. The largest absolute Gasteiger partial charge is 0.493 e. The van der Waals surface area contributed by atoms with Crippen molar-refractivity contribution < 1.29 is 4.74 Å². The number of ether oxygens (including phenoxy) is 1. The molecule has 2 heterocycles. The van der Waals surface area contributed by atoms with Crippen molar-refractivity contribution in [1.82, 2.24) is 24.8 Å². The van der Waals surface area contributed by atoms with Gasteiger partial charge in [-0.2, -0.15) is 5.10 Å². The summed E-state index contributed by atoms with van der Waals surface area (Å²) in [6.07, 6.45) is 1.69. The van der Waals surface area contributed by atoms with E-state index in [-0.39, 0.29) is 6.04 Å². The van der Waals surface area contributed by atoms with E-state index in [1.165, 1.54) is 11.5 Å². The van der Waals surface area contributed by atoms with Gasteiger partial charge in [-0.1, -0.05) is 4.49 Å². The SMILES string of the molecule is CCn1ncc(OC)c1C(NN)c1snnc1C. The van der Waals surface area contributed by atoms with Crippen LogP contribution in [0, 0.1) is 6.92 Å². The highest BCUT2D eigenvalue weighted by Gasteiger charge is 2.25. The number of aryl methyl sites for hydroxylation is 2. The van der Waals surface area contributed by atoms with Gasteiger partial charge in [0, 0.05) is 6.54 Å². The van der Waals surface area contributed by atoms with Crippen molar-refractivity contribution >= 4 is 11.5 Å². The van der Waals surface area contributed by atoms with Crippen LogP contribution >= 0.6 is 11.5 Å². The molecule has 2 aromatic rings. The Kier molecular flexibility index (Phi) is 3.90. The van der Waals surface area contributed by atoms with Crippen molar-refractivity contribution in [1.29, 1.82) is 0 Å². The van der Waals surface area contributed by atoms with Crippen molar-refractivity contribution in [2.24, 2.45) is 5.84 Å². The zero-order valence-corrected chi connectivity index (χ0v) is 11.4. The van der Waals surface area contributed by atoms with Crippen LogP contribution in [-0.2, 0) is 6.54 Å². The molecule has 1 atom stereocenters. The van der Waals surface area contributed by atoms with Crippen LogP contribution in [0.4, 0.5) is 0 Å². The summed E-state index contributed by atoms with van der Waals surface area (Å²) < 4.78 is 11.1. The van der Waals surface area contributed by atoms with Crippen LogP contribution in [0.3, 0.4) is 0 Å². The first-order chi connectivity index (χ1) is 8.72. The van der Waals surface area contributed by atoms with E-state index in [0.717, 1.165) is 22.8 Å². The van der Waals surface area contributed by atoms with Crippen LogP contribution in [0.5, 0.6) is 5.75 Å². The first-order valence-electron chi connectivity index (χ1n) is 5.57. The molecule has 2 rings (SSSR count). The van der Waals surface area contributed by atoms with Crippen LogP contribution in [0.1, 0.15) is 29.2 Å². The summed E-state index contributed by atoms with van der Waals surface area (Å²) in [5.74, 6) is 6.38. The van der Waals surface area contributed by atoms with Crippen molar-refractivity contribution in [3.05, 3.63) is 22.5 Å². The fourth-order valence-electron chi connectivity index (χ4n) is 1.86. The third kappa shape index (κ3) is 2.09. The number of nitrogens with one attached hydrogen (secondary N) is 1. The molecule has 2 aromatic heterocycles. The Morgan fingerprint density at radius 1 is 1.61 bits per heavy atom. The second-order valence-corrected chi connectivity index (χ2v) is 4.52. The van der Waals surface area contributed by atoms with Gasteiger partial charge in [-0.25, -0.2) is 5.43 Å². The van der Waals surface area contributed by atoms with Crippen molar-refractivity contribution in [3.8, 4) is 5.75 Å². The number of hydrazine groups is 1. The van der Waals surface area contributed by atoms with E-state index >= 15 is 0 Å². The lowest BCUT2D eigenvalue weighted by Gasteiger charge is -2.17. The van der Waals surface area contributed by atoms with Crippen LogP contribution < -0.4 is 16.0 Å². The summed E-state index contributed by atoms with van der Waals surface area (Å²) in [5.41, 5.74) is 4.53. The number of hydrogen-bond donors (Lipinski definition) is 2. The van der Waals surface area contributed by atoms with E-state index in [1.807, 2.05) is 18.5 Å². The first-order valence-corrected chi connectivity index (χ1v) is 6.34. The Balaban J connectivity index is 2.50. The molecule has 0 aliphatic heterocycles. The number of aromatic nitrogens is 4. The van der Waals surface area contributed by atoms with Gasteiger partial charge in [0.15, 0.2) is 5.75 Å². The van der Waals surface area contributed by atoms with Gasteiger partial charge in [-0.3, -0.25) is 10.5 Å². The van der Waals surface area contributed by atoms with Gasteiger partial charge in [-0.15, -0.1) is 5.10 Å². The maximum Gasteiger partial charge on any atom is 0.162 e. The molecule has 0 fully saturated rings. The summed E-state index contributed by atoms with van der Waals surface area (Å²) in [7, 11) is 1.62. The minimum atomic E-state index is -0.220. The quantitative estimate of drug-likeness (QED) is 0.610. The Hall–Kier alpha value is -1.51. The highest BCUT2D eigenvalue weighted by Crippen LogP contribution is 2.32. The summed E-state index contributed by atoms with van der Waals surface area (Å²) in [4.78, 5) is 0.964. The number of methoxy groups -OCH3 is 1. The molecule has 0 aliphatic rings. The molecule has 0 saturated heterocycles. The maximum atomic E-state index is 5.68. The van der Waals surface area contributed by atoms with E-state index in [2.05, 4.69) is 20.1 Å². The lowest BCUT2D eigenvalue weighted by atomic mass is 10.1. The van der Waals surface area contributed by atoms with Gasteiger partial charge in [0.25, 0.3) is 0 Å². The van der Waals surface area contributed by atoms with Crippen molar-refractivity contribution in [3.63, 3.8) is 0 Å². The van der Waals surface area contributed by atoms with Crippen LogP contribution in [-0.4, -0.2) is 26.5 Å². The average Bonchev–Trinajstić information content (AvgIpc) is 2.98. The molecule has 1 unspecified atom stereocenters. The van der Waals surface area contributed by atoms with Crippen LogP contribution in [0.25, 0.3) is 0 Å². The number of nitrogens with two attached hydrogens (primary N) is 1. The predicted octanol–water partition coefficient (Wildman–Crippen LogP) is 0.624. The molecule has 7 nitrogen and oxygen atoms in total. The molecule has 0 bridgehead atoms. The summed E-state index contributed by atoms with van der Waals surface area (Å²) >= 11 is 1.32. The zero-order chi connectivity index (χ0) is 13.1. The highest BCUT2D eigenvalue weighted by atomic mass is 32.1. The second kappa shape index (κ2) is 5.42. The average molecular weight is 268 g/mol. The van der Waals surface area contributed by atoms with E-state index in [0.29, 0.717) is 5.75 Å². The van der Waals surface area contributed by atoms with Crippen molar-refractivity contribution in [2.75, 3.05) is 7.11 Å². The monoisotopic (exact) mass is 268 g/mol. The summed E-state index contributed by atoms with van der Waals surface area (Å²) in [6.45, 7) is 4.66. The molecule has 0 aliphatic carbocycles. The fraction of sp³-hybridized carbons (Fsp3) is 0.500. The fourth-order valence-corrected chi connectivity index (χ4v) is 2.57. The predicted molar refractivity (Wildman–Crippen MR) is 68.3 cm³/mol. The van der Waals surface area contributed by atoms with Crippen LogP contribution in [0.15, 0.2) is 6.20 Å². The third-order valence-corrected chi connectivity index (χ3v) is 3.64. The minimum Gasteiger partial charge on any atom is -0.493 e. The van der Waals surface area contributed by atoms with E-state index < -0.39 is 0 Å². The molecule has 0 saturated carbocycles. The molecular formula is C10H16N6OS. The van der Waals surface area contributed by atoms with E-state index in [9.17, 15) is 0 Å². The Morgan fingerprint density at radius 2 is 2.39 bits per heavy atom. The smallest absolute Gasteiger partial charge is 0.162 e. The molecule has 18 heavy (non-hydrogen) atoms. The Labute approximate surface area is 109 Å². The molecule has 0 spiro atoms. The van der Waals surface area contributed by atoms with Gasteiger partial charge in [0.05, 0.1) is 23.9 Å². The number of hydrogen-bond acceptors (Lipinski definition) is 7. The van der Waals surface area contributed by atoms with Gasteiger partial charge in [0.2, 0.25) is 0 Å². The highest BCUT2D eigenvalue weighted by molar-refractivity contribution is 7.05. The minimum absolute atomic E-state index is 0.220. The Morgan fingerprint density at radius 3 is 2.89 bits per heavy atom. The van der Waals surface area contributed by atoms with Gasteiger partial charge < -0.3 is 4.74 Å². The molecule has 3 N–H and O–H groups in total. The maximum absolute atomic E-state index is 5.68. The number of rotatable bonds is 5. The molecule has 8 heteroatoms. The molecule has 0 amide bonds. The topological polar surface area (TPSA) is 90.9 Å². The van der Waals surface area contributed by atoms with E-state index in [1.54, 1.807) is 13.3 Å².